The molecule has 0 bridgehead atoms. The predicted octanol–water partition coefficient (Wildman–Crippen LogP) is 6.07. The average molecular weight is 563 g/mol. The van der Waals surface area contributed by atoms with Gasteiger partial charge in [0.2, 0.25) is 0 Å². The maximum absolute atomic E-state index is 12.8. The van der Waals surface area contributed by atoms with E-state index < -0.39 is 0 Å². The molecule has 2 N–H and O–H groups in total. The number of carbonyl (C=O) groups is 2. The summed E-state index contributed by atoms with van der Waals surface area (Å²) in [5.41, 5.74) is 11.5. The van der Waals surface area contributed by atoms with Gasteiger partial charge in [0.25, 0.3) is 11.8 Å². The molecule has 4 aromatic carbocycles. The van der Waals surface area contributed by atoms with Crippen LogP contribution in [0.1, 0.15) is 55.8 Å². The highest BCUT2D eigenvalue weighted by molar-refractivity contribution is 6.07. The third-order valence-electron chi connectivity index (χ3n) is 6.66. The number of ether oxygens (including phenoxy) is 2. The fourth-order valence-corrected chi connectivity index (χ4v) is 4.11. The van der Waals surface area contributed by atoms with Crippen molar-refractivity contribution in [3.05, 3.63) is 130 Å². The summed E-state index contributed by atoms with van der Waals surface area (Å²) in [7, 11) is 3.21. The summed E-state index contributed by atoms with van der Waals surface area (Å²) < 4.78 is 10.6. The Morgan fingerprint density at radius 1 is 0.524 bits per heavy atom. The van der Waals surface area contributed by atoms with E-state index in [4.69, 9.17) is 9.47 Å². The predicted molar refractivity (Wildman–Crippen MR) is 166 cm³/mol. The van der Waals surface area contributed by atoms with Crippen LogP contribution in [0.5, 0.6) is 11.5 Å². The van der Waals surface area contributed by atoms with E-state index in [0.29, 0.717) is 46.9 Å². The molecule has 0 fully saturated rings. The molecular formula is C34H34N4O4. The van der Waals surface area contributed by atoms with Gasteiger partial charge < -0.3 is 9.47 Å². The Hall–Kier alpha value is -5.24. The largest absolute Gasteiger partial charge is 0.497 e. The lowest BCUT2D eigenvalue weighted by Crippen LogP contribution is -2.22. The molecule has 42 heavy (non-hydrogen) atoms. The molecule has 0 aliphatic rings. The van der Waals surface area contributed by atoms with E-state index in [2.05, 4.69) is 21.1 Å². The lowest BCUT2D eigenvalue weighted by atomic mass is 10.00. The van der Waals surface area contributed by atoms with Crippen LogP contribution in [-0.4, -0.2) is 37.5 Å². The first-order chi connectivity index (χ1) is 20.4. The zero-order chi connectivity index (χ0) is 29.9. The number of hydrogen-bond donors (Lipinski definition) is 2. The molecule has 0 saturated carbocycles. The number of nitrogens with zero attached hydrogens (tertiary/aromatic N) is 2. The molecule has 0 unspecified atom stereocenters. The number of hydrazone groups is 2. The Labute approximate surface area is 246 Å². The number of aryl methyl sites for hydroxylation is 2. The van der Waals surface area contributed by atoms with E-state index in [1.54, 1.807) is 38.5 Å². The normalized spacial score (nSPS) is 11.5. The number of rotatable bonds is 11. The average Bonchev–Trinajstić information content (AvgIpc) is 3.03. The van der Waals surface area contributed by atoms with Gasteiger partial charge in [0.15, 0.2) is 0 Å². The first-order valence-corrected chi connectivity index (χ1v) is 13.5. The van der Waals surface area contributed by atoms with Crippen molar-refractivity contribution in [3.8, 4) is 11.5 Å². The molecular weight excluding hydrogens is 528 g/mol. The molecule has 4 rings (SSSR count). The van der Waals surface area contributed by atoms with Crippen LogP contribution >= 0.6 is 0 Å². The van der Waals surface area contributed by atoms with Crippen molar-refractivity contribution in [3.63, 3.8) is 0 Å². The summed E-state index contributed by atoms with van der Waals surface area (Å²) in [6.45, 7) is 3.93. The Balaban J connectivity index is 1.60. The number of nitrogens with one attached hydrogen (secondary N) is 2. The quantitative estimate of drug-likeness (QED) is 0.171. The molecule has 8 heteroatoms. The Bertz CT molecular complexity index is 1440. The zero-order valence-electron chi connectivity index (χ0n) is 24.2. The highest BCUT2D eigenvalue weighted by Gasteiger charge is 2.13. The van der Waals surface area contributed by atoms with E-state index >= 15 is 0 Å². The Kier molecular flexibility index (Phi) is 10.2. The van der Waals surface area contributed by atoms with E-state index in [9.17, 15) is 9.59 Å². The molecule has 0 heterocycles. The summed E-state index contributed by atoms with van der Waals surface area (Å²) in [5, 5.41) is 9.01. The van der Waals surface area contributed by atoms with Gasteiger partial charge in [-0.1, -0.05) is 35.4 Å². The monoisotopic (exact) mass is 562 g/mol. The minimum Gasteiger partial charge on any atom is -0.497 e. The van der Waals surface area contributed by atoms with Crippen LogP contribution in [0.2, 0.25) is 0 Å². The summed E-state index contributed by atoms with van der Waals surface area (Å²) in [5.74, 6) is 0.799. The fraction of sp³-hybridized carbons (Fsp3) is 0.176. The number of amides is 2. The lowest BCUT2D eigenvalue weighted by Gasteiger charge is -2.12. The minimum atomic E-state index is -0.310. The summed E-state index contributed by atoms with van der Waals surface area (Å²) >= 11 is 0. The second-order valence-corrected chi connectivity index (χ2v) is 9.69. The second-order valence-electron chi connectivity index (χ2n) is 9.69. The standard InChI is InChI=1S/C34H34N4O4/c1-23-5-9-27(10-6-23)33(39)37-35-31(25-13-17-29(41-3)18-14-25)21-22-32(26-15-19-30(42-4)20-16-26)36-38-34(40)28-11-7-24(2)8-12-28/h5-20H,21-22H2,1-4H3,(H,37,39)(H,38,40)/b35-31+,36-32+. The molecule has 0 aromatic heterocycles. The number of hydrogen-bond acceptors (Lipinski definition) is 6. The third-order valence-corrected chi connectivity index (χ3v) is 6.66. The van der Waals surface area contributed by atoms with E-state index in [0.717, 1.165) is 22.3 Å². The molecule has 0 aliphatic heterocycles. The summed E-state index contributed by atoms with van der Waals surface area (Å²) in [6.07, 6.45) is 0.845. The van der Waals surface area contributed by atoms with Gasteiger partial charge >= 0.3 is 0 Å². The molecule has 0 saturated heterocycles. The topological polar surface area (TPSA) is 101 Å². The first kappa shape index (κ1) is 29.7. The number of carbonyl (C=O) groups excluding carboxylic acids is 2. The third kappa shape index (κ3) is 8.14. The van der Waals surface area contributed by atoms with Gasteiger partial charge in [-0.3, -0.25) is 9.59 Å². The molecule has 2 amide bonds. The van der Waals surface area contributed by atoms with Gasteiger partial charge in [-0.25, -0.2) is 10.9 Å². The molecule has 0 atom stereocenters. The van der Waals surface area contributed by atoms with Crippen molar-refractivity contribution in [1.29, 1.82) is 0 Å². The van der Waals surface area contributed by atoms with Crippen molar-refractivity contribution in [2.24, 2.45) is 10.2 Å². The van der Waals surface area contributed by atoms with Crippen LogP contribution in [0.4, 0.5) is 0 Å². The maximum Gasteiger partial charge on any atom is 0.271 e. The van der Waals surface area contributed by atoms with E-state index in [1.807, 2.05) is 86.6 Å². The van der Waals surface area contributed by atoms with Crippen molar-refractivity contribution in [2.45, 2.75) is 26.7 Å². The smallest absolute Gasteiger partial charge is 0.271 e. The van der Waals surface area contributed by atoms with Gasteiger partial charge in [0, 0.05) is 11.1 Å². The van der Waals surface area contributed by atoms with Crippen LogP contribution in [0, 0.1) is 13.8 Å². The van der Waals surface area contributed by atoms with Gasteiger partial charge in [-0.05, 0) is 111 Å². The van der Waals surface area contributed by atoms with Gasteiger partial charge in [0.1, 0.15) is 11.5 Å². The Morgan fingerprint density at radius 3 is 1.14 bits per heavy atom. The van der Waals surface area contributed by atoms with Gasteiger partial charge in [0.05, 0.1) is 25.6 Å². The zero-order valence-corrected chi connectivity index (χ0v) is 24.2. The SMILES string of the molecule is COc1ccc(/C(CC/C(=N\NC(=O)c2ccc(C)cc2)c2ccc(OC)cc2)=N/NC(=O)c2ccc(C)cc2)cc1. The van der Waals surface area contributed by atoms with Crippen molar-refractivity contribution >= 4 is 23.2 Å². The fourth-order valence-electron chi connectivity index (χ4n) is 4.11. The minimum absolute atomic E-state index is 0.310. The molecule has 0 aliphatic carbocycles. The molecule has 0 spiro atoms. The van der Waals surface area contributed by atoms with Crippen molar-refractivity contribution < 1.29 is 19.1 Å². The molecule has 214 valence electrons. The molecule has 0 radical (unpaired) electrons. The Morgan fingerprint density at radius 2 is 0.833 bits per heavy atom. The van der Waals surface area contributed by atoms with Crippen molar-refractivity contribution in [1.82, 2.24) is 10.9 Å². The first-order valence-electron chi connectivity index (χ1n) is 13.5. The highest BCUT2D eigenvalue weighted by Crippen LogP contribution is 2.18. The van der Waals surface area contributed by atoms with Crippen LogP contribution < -0.4 is 20.3 Å². The van der Waals surface area contributed by atoms with Gasteiger partial charge in [-0.2, -0.15) is 10.2 Å². The maximum atomic E-state index is 12.8. The molecule has 4 aromatic rings. The van der Waals surface area contributed by atoms with E-state index in [-0.39, 0.29) is 11.8 Å². The van der Waals surface area contributed by atoms with Crippen LogP contribution in [0.3, 0.4) is 0 Å². The van der Waals surface area contributed by atoms with E-state index in [1.165, 1.54) is 0 Å². The summed E-state index contributed by atoms with van der Waals surface area (Å²) in [4.78, 5) is 25.6. The summed E-state index contributed by atoms with van der Waals surface area (Å²) in [6, 6.07) is 29.5. The number of benzene rings is 4. The van der Waals surface area contributed by atoms with Crippen LogP contribution in [-0.2, 0) is 0 Å². The van der Waals surface area contributed by atoms with Crippen LogP contribution in [0.15, 0.2) is 107 Å². The second kappa shape index (κ2) is 14.4. The lowest BCUT2D eigenvalue weighted by molar-refractivity contribution is 0.0946. The van der Waals surface area contributed by atoms with Gasteiger partial charge in [-0.15, -0.1) is 0 Å². The molecule has 8 nitrogen and oxygen atoms in total. The highest BCUT2D eigenvalue weighted by atomic mass is 16.5. The van der Waals surface area contributed by atoms with Crippen molar-refractivity contribution in [2.75, 3.05) is 14.2 Å². The van der Waals surface area contributed by atoms with Crippen LogP contribution in [0.25, 0.3) is 0 Å². The number of methoxy groups -OCH3 is 2.